The molecule has 0 amide bonds. The minimum absolute atomic E-state index is 0.108. The Kier molecular flexibility index (Phi) is 13.3. The van der Waals surface area contributed by atoms with E-state index in [0.29, 0.717) is 19.6 Å². The first-order valence-corrected chi connectivity index (χ1v) is 14.1. The number of nitrogens with zero attached hydrogens (tertiary/aromatic N) is 5. The zero-order valence-corrected chi connectivity index (χ0v) is 24.0. The van der Waals surface area contributed by atoms with Crippen molar-refractivity contribution in [2.45, 2.75) is 58.3 Å². The molecular formula is C32H41N5O3. The molecule has 8 heteroatoms. The van der Waals surface area contributed by atoms with Gasteiger partial charge < -0.3 is 14.4 Å². The molecule has 0 aliphatic rings. The lowest BCUT2D eigenvalue weighted by Crippen LogP contribution is -2.07. The Morgan fingerprint density at radius 1 is 0.600 bits per heavy atom. The lowest BCUT2D eigenvalue weighted by molar-refractivity contribution is -0.143. The van der Waals surface area contributed by atoms with Crippen LogP contribution in [0.15, 0.2) is 93.3 Å². The van der Waals surface area contributed by atoms with Gasteiger partial charge in [-0.15, -0.1) is 0 Å². The first-order chi connectivity index (χ1) is 19.5. The van der Waals surface area contributed by atoms with Gasteiger partial charge in [0.15, 0.2) is 0 Å². The molecule has 0 aliphatic carbocycles. The summed E-state index contributed by atoms with van der Waals surface area (Å²) < 4.78 is 10.9. The third-order valence-corrected chi connectivity index (χ3v) is 6.22. The maximum absolute atomic E-state index is 11.1. The van der Waals surface area contributed by atoms with Crippen molar-refractivity contribution in [2.75, 3.05) is 32.2 Å². The molecule has 212 valence electrons. The zero-order valence-electron chi connectivity index (χ0n) is 24.0. The van der Waals surface area contributed by atoms with E-state index >= 15 is 0 Å². The standard InChI is InChI=1S/C32H41N5O3/c1-4-32(38)40-25-11-9-7-5-6-8-10-24-39-31-22-18-29(19-23-31)36-34-27-14-12-26(13-15-27)33-35-28-16-20-30(21-17-28)37(2)3/h12-23H,4-11,24-25H2,1-3H3. The van der Waals surface area contributed by atoms with Gasteiger partial charge in [-0.2, -0.15) is 20.5 Å². The molecule has 0 aliphatic heterocycles. The molecule has 0 atom stereocenters. The fourth-order valence-electron chi connectivity index (χ4n) is 3.81. The van der Waals surface area contributed by atoms with E-state index in [1.54, 1.807) is 0 Å². The van der Waals surface area contributed by atoms with E-state index in [1.807, 2.05) is 98.7 Å². The molecule has 0 fully saturated rings. The number of ether oxygens (including phenoxy) is 2. The van der Waals surface area contributed by atoms with E-state index in [4.69, 9.17) is 9.47 Å². The van der Waals surface area contributed by atoms with Crippen LogP contribution in [0, 0.1) is 0 Å². The van der Waals surface area contributed by atoms with Crippen molar-refractivity contribution in [3.8, 4) is 5.75 Å². The van der Waals surface area contributed by atoms with Crippen molar-refractivity contribution >= 4 is 34.4 Å². The molecule has 0 saturated heterocycles. The molecule has 0 bridgehead atoms. The predicted octanol–water partition coefficient (Wildman–Crippen LogP) is 9.65. The number of azo groups is 2. The molecule has 8 nitrogen and oxygen atoms in total. The maximum Gasteiger partial charge on any atom is 0.305 e. The van der Waals surface area contributed by atoms with Gasteiger partial charge in [-0.1, -0.05) is 39.0 Å². The van der Waals surface area contributed by atoms with Crippen LogP contribution in [0.2, 0.25) is 0 Å². The monoisotopic (exact) mass is 543 g/mol. The van der Waals surface area contributed by atoms with Crippen LogP contribution in [0.1, 0.15) is 58.3 Å². The van der Waals surface area contributed by atoms with Gasteiger partial charge in [-0.25, -0.2) is 0 Å². The average molecular weight is 544 g/mol. The van der Waals surface area contributed by atoms with Crippen molar-refractivity contribution in [3.63, 3.8) is 0 Å². The summed E-state index contributed by atoms with van der Waals surface area (Å²) in [6.45, 7) is 3.08. The van der Waals surface area contributed by atoms with Crippen molar-refractivity contribution in [3.05, 3.63) is 72.8 Å². The molecule has 0 spiro atoms. The summed E-state index contributed by atoms with van der Waals surface area (Å²) in [6, 6.07) is 23.1. The second-order valence-corrected chi connectivity index (χ2v) is 9.72. The first kappa shape index (κ1) is 30.5. The average Bonchev–Trinajstić information content (AvgIpc) is 2.99. The summed E-state index contributed by atoms with van der Waals surface area (Å²) in [4.78, 5) is 13.1. The Labute approximate surface area is 238 Å². The van der Waals surface area contributed by atoms with Crippen LogP contribution in [0.3, 0.4) is 0 Å². The van der Waals surface area contributed by atoms with Gasteiger partial charge in [0.1, 0.15) is 5.75 Å². The number of carbonyl (C=O) groups excluding carboxylic acids is 1. The SMILES string of the molecule is CCC(=O)OCCCCCCCCCOc1ccc(N=Nc2ccc(N=Nc3ccc(N(C)C)cc3)cc2)cc1. The molecule has 0 unspecified atom stereocenters. The summed E-state index contributed by atoms with van der Waals surface area (Å²) in [6.07, 6.45) is 8.30. The van der Waals surface area contributed by atoms with Crippen molar-refractivity contribution in [1.82, 2.24) is 0 Å². The van der Waals surface area contributed by atoms with E-state index in [2.05, 4.69) is 20.5 Å². The van der Waals surface area contributed by atoms with E-state index in [-0.39, 0.29) is 5.97 Å². The van der Waals surface area contributed by atoms with E-state index in [1.165, 1.54) is 19.3 Å². The molecule has 40 heavy (non-hydrogen) atoms. The van der Waals surface area contributed by atoms with Gasteiger partial charge in [0.25, 0.3) is 0 Å². The number of carbonyl (C=O) groups is 1. The fraction of sp³-hybridized carbons (Fsp3) is 0.406. The molecule has 0 N–H and O–H groups in total. The fourth-order valence-corrected chi connectivity index (χ4v) is 3.81. The van der Waals surface area contributed by atoms with Gasteiger partial charge >= 0.3 is 5.97 Å². The van der Waals surface area contributed by atoms with Crippen molar-refractivity contribution in [2.24, 2.45) is 20.5 Å². The third kappa shape index (κ3) is 11.8. The van der Waals surface area contributed by atoms with Crippen LogP contribution < -0.4 is 9.64 Å². The number of benzene rings is 3. The Bertz CT molecular complexity index is 1190. The van der Waals surface area contributed by atoms with Gasteiger partial charge in [-0.05, 0) is 85.6 Å². The Hall–Kier alpha value is -4.07. The number of hydrogen-bond acceptors (Lipinski definition) is 8. The molecule has 3 aromatic carbocycles. The maximum atomic E-state index is 11.1. The highest BCUT2D eigenvalue weighted by atomic mass is 16.5. The topological polar surface area (TPSA) is 88.2 Å². The minimum Gasteiger partial charge on any atom is -0.494 e. The van der Waals surface area contributed by atoms with E-state index in [9.17, 15) is 4.79 Å². The van der Waals surface area contributed by atoms with Crippen LogP contribution in [-0.4, -0.2) is 33.3 Å². The lowest BCUT2D eigenvalue weighted by atomic mass is 10.1. The Morgan fingerprint density at radius 3 is 1.45 bits per heavy atom. The first-order valence-electron chi connectivity index (χ1n) is 14.1. The molecule has 3 rings (SSSR count). The summed E-state index contributed by atoms with van der Waals surface area (Å²) in [5.74, 6) is 0.732. The highest BCUT2D eigenvalue weighted by molar-refractivity contribution is 5.68. The molecule has 0 aromatic heterocycles. The molecule has 0 saturated carbocycles. The van der Waals surface area contributed by atoms with Gasteiger partial charge in [0, 0.05) is 26.2 Å². The van der Waals surface area contributed by atoms with Gasteiger partial charge in [-0.3, -0.25) is 4.79 Å². The minimum atomic E-state index is -0.108. The number of hydrogen-bond donors (Lipinski definition) is 0. The highest BCUT2D eigenvalue weighted by Crippen LogP contribution is 2.25. The number of rotatable bonds is 17. The van der Waals surface area contributed by atoms with Crippen LogP contribution in [0.4, 0.5) is 28.4 Å². The summed E-state index contributed by atoms with van der Waals surface area (Å²) in [5, 5.41) is 17.2. The summed E-state index contributed by atoms with van der Waals surface area (Å²) in [5.41, 5.74) is 4.19. The zero-order chi connectivity index (χ0) is 28.4. The normalized spacial score (nSPS) is 11.3. The largest absolute Gasteiger partial charge is 0.494 e. The van der Waals surface area contributed by atoms with Crippen LogP contribution in [0.5, 0.6) is 5.75 Å². The van der Waals surface area contributed by atoms with Crippen LogP contribution in [0.25, 0.3) is 0 Å². The Morgan fingerprint density at radius 2 is 1.00 bits per heavy atom. The highest BCUT2D eigenvalue weighted by Gasteiger charge is 2.00. The molecular weight excluding hydrogens is 502 g/mol. The quantitative estimate of drug-likeness (QED) is 0.0963. The van der Waals surface area contributed by atoms with Gasteiger partial charge in [0.05, 0.1) is 36.0 Å². The van der Waals surface area contributed by atoms with Crippen LogP contribution in [-0.2, 0) is 9.53 Å². The van der Waals surface area contributed by atoms with Gasteiger partial charge in [0.2, 0.25) is 0 Å². The van der Waals surface area contributed by atoms with Crippen LogP contribution >= 0.6 is 0 Å². The third-order valence-electron chi connectivity index (χ3n) is 6.22. The molecule has 3 aromatic rings. The number of esters is 1. The van der Waals surface area contributed by atoms with Crippen molar-refractivity contribution in [1.29, 1.82) is 0 Å². The summed E-state index contributed by atoms with van der Waals surface area (Å²) in [7, 11) is 4.01. The number of unbranched alkanes of at least 4 members (excludes halogenated alkanes) is 6. The molecule has 0 radical (unpaired) electrons. The number of anilines is 1. The second-order valence-electron chi connectivity index (χ2n) is 9.72. The molecule has 0 heterocycles. The lowest BCUT2D eigenvalue weighted by Gasteiger charge is -2.11. The second kappa shape index (κ2) is 17.5. The van der Waals surface area contributed by atoms with E-state index in [0.717, 1.165) is 59.9 Å². The smallest absolute Gasteiger partial charge is 0.305 e. The summed E-state index contributed by atoms with van der Waals surface area (Å²) >= 11 is 0. The Balaban J connectivity index is 1.30. The van der Waals surface area contributed by atoms with Crippen molar-refractivity contribution < 1.29 is 14.3 Å². The van der Waals surface area contributed by atoms with E-state index < -0.39 is 0 Å². The predicted molar refractivity (Wildman–Crippen MR) is 161 cm³/mol.